The van der Waals surface area contributed by atoms with Crippen LogP contribution in [0.15, 0.2) is 41.0 Å². The van der Waals surface area contributed by atoms with Gasteiger partial charge >= 0.3 is 5.97 Å². The van der Waals surface area contributed by atoms with E-state index in [0.717, 1.165) is 0 Å². The zero-order valence-corrected chi connectivity index (χ0v) is 42.6. The van der Waals surface area contributed by atoms with Crippen molar-refractivity contribution in [2.75, 3.05) is 45.8 Å². The number of hydrogen-bond donors (Lipinski definition) is 16. The number of guanidine groups is 1. The number of carbonyl (C=O) groups excluding carboxylic acids is 8. The van der Waals surface area contributed by atoms with Crippen molar-refractivity contribution in [1.29, 1.82) is 0 Å². The SMILES string of the molecule is C[C@H](NC(=O)[C@@H](NC(=O)C(N)CCCCN)[C@@H](O)CN)C(=O)NCC(=O)N[C@H](CCCN)C(=O)N1CCC[C@H]1C(=O)N[C@@H](Cc1cccc(Cl)c1)C(=O)N[C@@H](CCCCN)C(=O)N/C(=C\CCN=C(N)N)C(=O)O. The summed E-state index contributed by atoms with van der Waals surface area (Å²) in [4.78, 5) is 125. The second-order valence-electron chi connectivity index (χ2n) is 17.6. The second-order valence-corrected chi connectivity index (χ2v) is 18.1. The first-order valence-electron chi connectivity index (χ1n) is 24.5. The van der Waals surface area contributed by atoms with E-state index < -0.39 is 120 Å². The quantitative estimate of drug-likeness (QED) is 0.0133. The Kier molecular flexibility index (Phi) is 29.3. The molecule has 2 rings (SSSR count). The molecule has 414 valence electrons. The van der Waals surface area contributed by atoms with Gasteiger partial charge in [0.05, 0.1) is 18.7 Å². The molecular formula is C46H77ClN16O11. The summed E-state index contributed by atoms with van der Waals surface area (Å²) < 4.78 is 0. The smallest absolute Gasteiger partial charge is 0.352 e. The van der Waals surface area contributed by atoms with E-state index in [1.165, 1.54) is 17.9 Å². The van der Waals surface area contributed by atoms with E-state index in [9.17, 15) is 53.4 Å². The van der Waals surface area contributed by atoms with Gasteiger partial charge in [0, 0.05) is 31.1 Å². The van der Waals surface area contributed by atoms with E-state index in [1.807, 2.05) is 0 Å². The zero-order chi connectivity index (χ0) is 55.3. The van der Waals surface area contributed by atoms with Crippen LogP contribution in [0.25, 0.3) is 0 Å². The lowest BCUT2D eigenvalue weighted by atomic mass is 10.0. The molecule has 8 amide bonds. The maximum Gasteiger partial charge on any atom is 0.352 e. The van der Waals surface area contributed by atoms with Crippen LogP contribution in [0.5, 0.6) is 0 Å². The number of amides is 8. The number of carboxylic acids is 1. The van der Waals surface area contributed by atoms with Crippen molar-refractivity contribution < 1.29 is 53.4 Å². The first-order chi connectivity index (χ1) is 35.2. The number of aliphatic carboxylic acids is 1. The lowest BCUT2D eigenvalue weighted by Gasteiger charge is -2.30. The molecule has 0 aromatic heterocycles. The zero-order valence-electron chi connectivity index (χ0n) is 41.8. The van der Waals surface area contributed by atoms with E-state index in [0.29, 0.717) is 49.2 Å². The Morgan fingerprint density at radius 2 is 1.46 bits per heavy atom. The van der Waals surface area contributed by atoms with Crippen LogP contribution in [-0.2, 0) is 49.6 Å². The van der Waals surface area contributed by atoms with E-state index in [1.54, 1.807) is 24.3 Å². The molecule has 28 heteroatoms. The van der Waals surface area contributed by atoms with Crippen molar-refractivity contribution in [3.8, 4) is 0 Å². The van der Waals surface area contributed by atoms with Gasteiger partial charge in [0.2, 0.25) is 47.3 Å². The third kappa shape index (κ3) is 22.7. The number of aliphatic imine (C=N–C) groups is 1. The number of aliphatic hydroxyl groups is 1. The number of nitrogens with zero attached hydrogens (tertiary/aromatic N) is 2. The molecule has 1 heterocycles. The van der Waals surface area contributed by atoms with Crippen molar-refractivity contribution in [2.24, 2.45) is 45.1 Å². The highest BCUT2D eigenvalue weighted by molar-refractivity contribution is 6.30. The standard InChI is InChI=1S/C46H77ClN16O11/c1-26(57-43(71)37(35(64)24-51)62-39(67)29(52)12-2-4-17-48)38(66)56-25-36(65)58-31(14-7-19-50)44(72)63-21-9-16-34(63)42(70)61-33(23-27-10-6-11-28(47)22-27)41(69)59-30(13-3-5-18-49)40(68)60-32(45(73)74)15-8-20-55-46(53)54/h6,10-11,15,22,26,29-31,33-35,37,64H,2-5,7-9,12-14,16-21,23-25,48-52H2,1H3,(H,56,66)(H,57,71)(H,58,65)(H,59,69)(H,60,68)(H,61,70)(H,62,67)(H,73,74)(H4,53,54,55)/b32-15-/t26-,29?,30-,31+,33-,34-,35-,37-/m0/s1. The number of benzene rings is 1. The van der Waals surface area contributed by atoms with Gasteiger partial charge < -0.3 is 92.5 Å². The van der Waals surface area contributed by atoms with E-state index in [4.69, 9.17) is 51.7 Å². The molecule has 1 aliphatic heterocycles. The summed E-state index contributed by atoms with van der Waals surface area (Å²) >= 11 is 6.26. The van der Waals surface area contributed by atoms with Crippen molar-refractivity contribution in [1.82, 2.24) is 42.1 Å². The van der Waals surface area contributed by atoms with Crippen LogP contribution in [0.2, 0.25) is 5.02 Å². The minimum absolute atomic E-state index is 0.0384. The van der Waals surface area contributed by atoms with Crippen molar-refractivity contribution in [3.63, 3.8) is 0 Å². The van der Waals surface area contributed by atoms with Crippen molar-refractivity contribution in [2.45, 2.75) is 132 Å². The lowest BCUT2D eigenvalue weighted by Crippen LogP contribution is -2.60. The molecule has 23 N–H and O–H groups in total. The minimum Gasteiger partial charge on any atom is -0.477 e. The van der Waals surface area contributed by atoms with Crippen LogP contribution < -0.4 is 77.4 Å². The van der Waals surface area contributed by atoms with Crippen molar-refractivity contribution >= 4 is 70.8 Å². The number of carbonyl (C=O) groups is 9. The monoisotopic (exact) mass is 1060 g/mol. The maximum absolute atomic E-state index is 14.2. The Hall–Kier alpha value is -6.49. The summed E-state index contributed by atoms with van der Waals surface area (Å²) in [6.45, 7) is 1.16. The topological polar surface area (TPSA) is 476 Å². The molecular weight excluding hydrogens is 988 g/mol. The number of nitrogens with one attached hydrogen (secondary N) is 7. The largest absolute Gasteiger partial charge is 0.477 e. The highest BCUT2D eigenvalue weighted by Gasteiger charge is 2.39. The second kappa shape index (κ2) is 34.1. The van der Waals surface area contributed by atoms with Gasteiger partial charge in [-0.3, -0.25) is 43.3 Å². The third-order valence-corrected chi connectivity index (χ3v) is 11.9. The molecule has 0 radical (unpaired) electrons. The Labute approximate surface area is 435 Å². The van der Waals surface area contributed by atoms with Crippen molar-refractivity contribution in [3.05, 3.63) is 46.6 Å². The molecule has 1 aliphatic rings. The van der Waals surface area contributed by atoms with Crippen LogP contribution in [0, 0.1) is 0 Å². The average molecular weight is 1070 g/mol. The fourth-order valence-corrected chi connectivity index (χ4v) is 7.83. The molecule has 0 aliphatic carbocycles. The highest BCUT2D eigenvalue weighted by atomic mass is 35.5. The van der Waals surface area contributed by atoms with E-state index >= 15 is 0 Å². The Balaban J connectivity index is 2.25. The van der Waals surface area contributed by atoms with Gasteiger partial charge in [-0.2, -0.15) is 0 Å². The van der Waals surface area contributed by atoms with Gasteiger partial charge in [0.25, 0.3) is 0 Å². The molecule has 74 heavy (non-hydrogen) atoms. The van der Waals surface area contributed by atoms with Crippen LogP contribution in [-0.4, -0.2) is 169 Å². The molecule has 1 aromatic carbocycles. The van der Waals surface area contributed by atoms with E-state index in [-0.39, 0.29) is 77.1 Å². The van der Waals surface area contributed by atoms with Gasteiger partial charge in [-0.1, -0.05) is 36.2 Å². The van der Waals surface area contributed by atoms with Crippen LogP contribution >= 0.6 is 11.6 Å². The number of nitrogens with two attached hydrogens (primary N) is 7. The number of aliphatic hydroxyl groups excluding tert-OH is 1. The molecule has 1 aromatic rings. The molecule has 8 atom stereocenters. The predicted octanol–water partition coefficient (Wildman–Crippen LogP) is -5.17. The van der Waals surface area contributed by atoms with Gasteiger partial charge in [-0.05, 0) is 108 Å². The van der Waals surface area contributed by atoms with Crippen LogP contribution in [0.4, 0.5) is 0 Å². The molecule has 0 spiro atoms. The number of hydrogen-bond acceptors (Lipinski definition) is 16. The number of halogens is 1. The predicted molar refractivity (Wildman–Crippen MR) is 275 cm³/mol. The first-order valence-corrected chi connectivity index (χ1v) is 24.9. The van der Waals surface area contributed by atoms with Crippen LogP contribution in [0.3, 0.4) is 0 Å². The summed E-state index contributed by atoms with van der Waals surface area (Å²) in [7, 11) is 0. The van der Waals surface area contributed by atoms with Gasteiger partial charge in [0.1, 0.15) is 41.9 Å². The lowest BCUT2D eigenvalue weighted by molar-refractivity contribution is -0.142. The van der Waals surface area contributed by atoms with Gasteiger partial charge in [-0.15, -0.1) is 0 Å². The third-order valence-electron chi connectivity index (χ3n) is 11.7. The molecule has 1 saturated heterocycles. The fraction of sp³-hybridized carbons (Fsp3) is 0.609. The summed E-state index contributed by atoms with van der Waals surface area (Å²) in [6.07, 6.45) is 2.77. The number of unbranched alkanes of at least 4 members (excludes halogenated alkanes) is 2. The Morgan fingerprint density at radius 3 is 2.08 bits per heavy atom. The number of rotatable bonds is 34. The number of carboxylic acid groups (broad SMARTS) is 1. The summed E-state index contributed by atoms with van der Waals surface area (Å²) in [5.41, 5.74) is 39.2. The Bertz CT molecular complexity index is 2110. The maximum atomic E-state index is 14.2. The van der Waals surface area contributed by atoms with E-state index in [2.05, 4.69) is 42.2 Å². The fourth-order valence-electron chi connectivity index (χ4n) is 7.61. The molecule has 0 saturated carbocycles. The minimum atomic E-state index is -1.57. The summed E-state index contributed by atoms with van der Waals surface area (Å²) in [6, 6.07) is -2.35. The summed E-state index contributed by atoms with van der Waals surface area (Å²) in [5.74, 6) is -8.02. The summed E-state index contributed by atoms with van der Waals surface area (Å²) in [5, 5.41) is 38.0. The highest BCUT2D eigenvalue weighted by Crippen LogP contribution is 2.21. The molecule has 0 bridgehead atoms. The number of likely N-dealkylation sites (tertiary alicyclic amines) is 1. The van der Waals surface area contributed by atoms with Crippen LogP contribution in [0.1, 0.15) is 83.1 Å². The first kappa shape index (κ1) is 63.6. The molecule has 1 unspecified atom stereocenters. The van der Waals surface area contributed by atoms with Gasteiger partial charge in [0.15, 0.2) is 5.96 Å². The Morgan fingerprint density at radius 1 is 0.797 bits per heavy atom. The molecule has 27 nitrogen and oxygen atoms in total. The molecule has 1 fully saturated rings. The average Bonchev–Trinajstić information content (AvgIpc) is 3.86. The normalized spacial score (nSPS) is 16.2. The van der Waals surface area contributed by atoms with Gasteiger partial charge in [-0.25, -0.2) is 4.79 Å².